The standard InChI is InChI=1S/C22H19N5/c1-14-10-11-18-16(12-14)22(15-6-2-3-7-17(15)24-18)27-23-13-21-25-19-8-4-5-9-20(19)26-21/h2-12,23H,13H2,1H3,(H,24,27)(H,25,26). The Morgan fingerprint density at radius 1 is 0.815 bits per heavy atom. The third-order valence-corrected chi connectivity index (χ3v) is 4.74. The lowest BCUT2D eigenvalue weighted by Crippen LogP contribution is -2.22. The van der Waals surface area contributed by atoms with Crippen molar-refractivity contribution in [2.75, 3.05) is 5.43 Å². The predicted octanol–water partition coefficient (Wildman–Crippen LogP) is 4.69. The first-order valence-corrected chi connectivity index (χ1v) is 8.99. The molecule has 0 bridgehead atoms. The van der Waals surface area contributed by atoms with Crippen LogP contribution in [0.25, 0.3) is 32.8 Å². The van der Waals surface area contributed by atoms with Crippen LogP contribution in [0.5, 0.6) is 0 Å². The summed E-state index contributed by atoms with van der Waals surface area (Å²) in [6, 6.07) is 22.6. The van der Waals surface area contributed by atoms with E-state index in [1.165, 1.54) is 5.56 Å². The molecule has 3 N–H and O–H groups in total. The maximum absolute atomic E-state index is 4.79. The van der Waals surface area contributed by atoms with Gasteiger partial charge in [0.05, 0.1) is 34.3 Å². The molecule has 5 aromatic rings. The van der Waals surface area contributed by atoms with Crippen LogP contribution in [0.3, 0.4) is 0 Å². The Hall–Kier alpha value is -3.44. The third-order valence-electron chi connectivity index (χ3n) is 4.74. The highest BCUT2D eigenvalue weighted by Crippen LogP contribution is 2.30. The lowest BCUT2D eigenvalue weighted by atomic mass is 10.1. The van der Waals surface area contributed by atoms with E-state index in [1.54, 1.807) is 0 Å². The number of aromatic amines is 1. The molecule has 0 saturated heterocycles. The fourth-order valence-corrected chi connectivity index (χ4v) is 3.45. The zero-order valence-electron chi connectivity index (χ0n) is 15.0. The molecule has 132 valence electrons. The monoisotopic (exact) mass is 353 g/mol. The number of fused-ring (bicyclic) bond motifs is 3. The summed E-state index contributed by atoms with van der Waals surface area (Å²) in [5.74, 6) is 0.891. The zero-order valence-corrected chi connectivity index (χ0v) is 15.0. The average molecular weight is 353 g/mol. The van der Waals surface area contributed by atoms with Gasteiger partial charge in [-0.15, -0.1) is 0 Å². The maximum atomic E-state index is 4.79. The van der Waals surface area contributed by atoms with E-state index in [0.717, 1.165) is 44.4 Å². The molecule has 0 atom stereocenters. The van der Waals surface area contributed by atoms with Gasteiger partial charge in [0.25, 0.3) is 0 Å². The van der Waals surface area contributed by atoms with Crippen LogP contribution in [-0.2, 0) is 6.54 Å². The summed E-state index contributed by atoms with van der Waals surface area (Å²) in [5.41, 5.74) is 12.9. The minimum atomic E-state index is 0.582. The summed E-state index contributed by atoms with van der Waals surface area (Å²) in [5, 5.41) is 2.19. The average Bonchev–Trinajstić information content (AvgIpc) is 3.10. The number of hydrogen-bond acceptors (Lipinski definition) is 4. The highest BCUT2D eigenvalue weighted by Gasteiger charge is 2.09. The summed E-state index contributed by atoms with van der Waals surface area (Å²) in [4.78, 5) is 12.7. The van der Waals surface area contributed by atoms with Gasteiger partial charge in [-0.1, -0.05) is 42.0 Å². The maximum Gasteiger partial charge on any atom is 0.123 e. The van der Waals surface area contributed by atoms with Gasteiger partial charge in [-0.3, -0.25) is 0 Å². The van der Waals surface area contributed by atoms with Gasteiger partial charge in [0.2, 0.25) is 0 Å². The first-order chi connectivity index (χ1) is 13.3. The Morgan fingerprint density at radius 2 is 1.59 bits per heavy atom. The van der Waals surface area contributed by atoms with Gasteiger partial charge in [0.15, 0.2) is 0 Å². The lowest BCUT2D eigenvalue weighted by Gasteiger charge is -2.14. The molecule has 0 aliphatic heterocycles. The van der Waals surface area contributed by atoms with Gasteiger partial charge in [-0.2, -0.15) is 0 Å². The number of para-hydroxylation sites is 3. The molecule has 2 aromatic heterocycles. The van der Waals surface area contributed by atoms with Crippen molar-refractivity contribution in [3.63, 3.8) is 0 Å². The van der Waals surface area contributed by atoms with E-state index in [4.69, 9.17) is 4.98 Å². The topological polar surface area (TPSA) is 65.6 Å². The van der Waals surface area contributed by atoms with Crippen LogP contribution in [-0.4, -0.2) is 15.0 Å². The number of imidazole rings is 1. The summed E-state index contributed by atoms with van der Waals surface area (Å²) in [7, 11) is 0. The van der Waals surface area contributed by atoms with Crippen LogP contribution in [0.2, 0.25) is 0 Å². The third kappa shape index (κ3) is 2.88. The molecule has 0 radical (unpaired) electrons. The molecular weight excluding hydrogens is 334 g/mol. The fraction of sp³-hybridized carbons (Fsp3) is 0.0909. The number of pyridine rings is 1. The largest absolute Gasteiger partial charge is 0.341 e. The highest BCUT2D eigenvalue weighted by molar-refractivity contribution is 6.07. The number of H-pyrrole nitrogens is 1. The van der Waals surface area contributed by atoms with Crippen molar-refractivity contribution in [2.45, 2.75) is 13.5 Å². The number of rotatable bonds is 4. The van der Waals surface area contributed by atoms with Gasteiger partial charge in [-0.05, 0) is 37.3 Å². The van der Waals surface area contributed by atoms with Crippen molar-refractivity contribution >= 4 is 38.5 Å². The number of aromatic nitrogens is 3. The van der Waals surface area contributed by atoms with Crippen molar-refractivity contribution in [1.82, 2.24) is 20.4 Å². The molecule has 3 aromatic carbocycles. The molecule has 5 nitrogen and oxygen atoms in total. The number of anilines is 1. The van der Waals surface area contributed by atoms with E-state index in [1.807, 2.05) is 42.5 Å². The lowest BCUT2D eigenvalue weighted by molar-refractivity contribution is 0.764. The second kappa shape index (κ2) is 6.37. The van der Waals surface area contributed by atoms with Crippen molar-refractivity contribution in [1.29, 1.82) is 0 Å². The summed E-state index contributed by atoms with van der Waals surface area (Å²) in [6.07, 6.45) is 0. The molecular formula is C22H19N5. The quantitative estimate of drug-likeness (QED) is 0.324. The predicted molar refractivity (Wildman–Crippen MR) is 111 cm³/mol. The van der Waals surface area contributed by atoms with E-state index >= 15 is 0 Å². The molecule has 0 saturated carbocycles. The molecule has 0 unspecified atom stereocenters. The molecule has 5 heteroatoms. The van der Waals surface area contributed by atoms with Crippen LogP contribution < -0.4 is 10.9 Å². The fourth-order valence-electron chi connectivity index (χ4n) is 3.45. The molecule has 27 heavy (non-hydrogen) atoms. The van der Waals surface area contributed by atoms with Gasteiger partial charge < -0.3 is 10.4 Å². The van der Waals surface area contributed by atoms with Gasteiger partial charge >= 0.3 is 0 Å². The van der Waals surface area contributed by atoms with Crippen molar-refractivity contribution < 1.29 is 0 Å². The number of benzene rings is 3. The van der Waals surface area contributed by atoms with Crippen LogP contribution in [0.4, 0.5) is 5.69 Å². The first-order valence-electron chi connectivity index (χ1n) is 8.99. The zero-order chi connectivity index (χ0) is 18.2. The second-order valence-electron chi connectivity index (χ2n) is 6.70. The van der Waals surface area contributed by atoms with Crippen molar-refractivity contribution in [3.05, 3.63) is 78.1 Å². The number of nitrogens with zero attached hydrogens (tertiary/aromatic N) is 2. The minimum absolute atomic E-state index is 0.582. The molecule has 5 rings (SSSR count). The van der Waals surface area contributed by atoms with Crippen LogP contribution in [0.1, 0.15) is 11.4 Å². The first kappa shape index (κ1) is 15.8. The Morgan fingerprint density at radius 3 is 2.48 bits per heavy atom. The molecule has 0 aliphatic carbocycles. The van der Waals surface area contributed by atoms with Crippen molar-refractivity contribution in [3.8, 4) is 0 Å². The van der Waals surface area contributed by atoms with Crippen LogP contribution >= 0.6 is 0 Å². The number of nitrogens with one attached hydrogen (secondary N) is 3. The smallest absolute Gasteiger partial charge is 0.123 e. The van der Waals surface area contributed by atoms with Crippen LogP contribution in [0, 0.1) is 6.92 Å². The Kier molecular flexibility index (Phi) is 3.73. The molecule has 0 aliphatic rings. The molecule has 0 amide bonds. The minimum Gasteiger partial charge on any atom is -0.341 e. The molecule has 0 fully saturated rings. The van der Waals surface area contributed by atoms with E-state index < -0.39 is 0 Å². The number of aryl methyl sites for hydroxylation is 1. The van der Waals surface area contributed by atoms with E-state index in [0.29, 0.717) is 6.54 Å². The van der Waals surface area contributed by atoms with Gasteiger partial charge in [0.1, 0.15) is 5.82 Å². The van der Waals surface area contributed by atoms with Gasteiger partial charge in [0, 0.05) is 10.8 Å². The number of hydrazine groups is 1. The second-order valence-corrected chi connectivity index (χ2v) is 6.70. The Labute approximate surface area is 156 Å². The summed E-state index contributed by atoms with van der Waals surface area (Å²) < 4.78 is 0. The SMILES string of the molecule is Cc1ccc2nc3ccccc3c(NNCc3nc4ccccc4[nH]3)c2c1. The Bertz CT molecular complexity index is 1240. The van der Waals surface area contributed by atoms with E-state index in [9.17, 15) is 0 Å². The van der Waals surface area contributed by atoms with Crippen LogP contribution in [0.15, 0.2) is 66.7 Å². The Balaban J connectivity index is 1.50. The van der Waals surface area contributed by atoms with Gasteiger partial charge in [-0.25, -0.2) is 15.4 Å². The molecule has 2 heterocycles. The molecule has 0 spiro atoms. The summed E-state index contributed by atoms with van der Waals surface area (Å²) >= 11 is 0. The van der Waals surface area contributed by atoms with E-state index in [2.05, 4.69) is 52.0 Å². The normalized spacial score (nSPS) is 11.4. The highest BCUT2D eigenvalue weighted by atomic mass is 15.4. The summed E-state index contributed by atoms with van der Waals surface area (Å²) in [6.45, 7) is 2.68. The number of hydrogen-bond donors (Lipinski definition) is 3. The van der Waals surface area contributed by atoms with Crippen molar-refractivity contribution in [2.24, 2.45) is 0 Å². The van der Waals surface area contributed by atoms with E-state index in [-0.39, 0.29) is 0 Å².